The fourth-order valence-corrected chi connectivity index (χ4v) is 5.11. The Kier molecular flexibility index (Phi) is 7.80. The van der Waals surface area contributed by atoms with Gasteiger partial charge in [-0.2, -0.15) is 0 Å². The third kappa shape index (κ3) is 5.09. The van der Waals surface area contributed by atoms with Crippen LogP contribution in [0, 0.1) is 13.8 Å². The maximum Gasteiger partial charge on any atom is 0.337 e. The smallest absolute Gasteiger partial charge is 0.337 e. The van der Waals surface area contributed by atoms with Crippen molar-refractivity contribution < 1.29 is 39.6 Å². The molecule has 8 nitrogen and oxygen atoms in total. The molecule has 4 aromatic rings. The predicted molar refractivity (Wildman–Crippen MR) is 141 cm³/mol. The SMILES string of the molecule is Cc1c(Br)c(C(=O)O)c(C)c2ccc(C(=O)O)cc12.O=C(O)c1ccc2c(Br)c(C(=O)O)ccc2c1. The second-order valence-corrected chi connectivity index (χ2v) is 9.37. The average molecular weight is 618 g/mol. The molecule has 0 unspecified atom stereocenters. The molecule has 0 spiro atoms. The van der Waals surface area contributed by atoms with Crippen LogP contribution >= 0.6 is 31.9 Å². The summed E-state index contributed by atoms with van der Waals surface area (Å²) in [5.74, 6) is -4.04. The molecule has 0 amide bonds. The molecule has 0 bridgehead atoms. The Balaban J connectivity index is 0.000000202. The minimum absolute atomic E-state index is 0.153. The van der Waals surface area contributed by atoms with E-state index in [0.717, 1.165) is 16.3 Å². The number of hydrogen-bond donors (Lipinski definition) is 4. The van der Waals surface area contributed by atoms with Crippen LogP contribution in [0.1, 0.15) is 52.6 Å². The number of halogens is 2. The highest BCUT2D eigenvalue weighted by molar-refractivity contribution is 9.11. The standard InChI is InChI=1S/C14H11BrO4.C12H7BrO4/c1-6-9-4-3-8(13(16)17)5-10(9)7(2)12(15)11(6)14(18)19;13-10-8-3-2-7(11(14)15)5-6(8)1-4-9(10)12(16)17/h3-5H,1-2H3,(H,16,17)(H,18,19);1-5H,(H,14,15)(H,16,17). The Morgan fingerprint density at radius 3 is 1.67 bits per heavy atom. The Labute approximate surface area is 221 Å². The maximum absolute atomic E-state index is 11.3. The Bertz CT molecular complexity index is 1590. The second-order valence-electron chi connectivity index (χ2n) is 7.78. The third-order valence-electron chi connectivity index (χ3n) is 5.64. The van der Waals surface area contributed by atoms with Gasteiger partial charge >= 0.3 is 23.9 Å². The molecule has 36 heavy (non-hydrogen) atoms. The van der Waals surface area contributed by atoms with E-state index in [9.17, 15) is 24.3 Å². The van der Waals surface area contributed by atoms with Gasteiger partial charge in [-0.15, -0.1) is 0 Å². The molecule has 0 aliphatic rings. The molecule has 0 fully saturated rings. The monoisotopic (exact) mass is 616 g/mol. The normalized spacial score (nSPS) is 10.6. The van der Waals surface area contributed by atoms with E-state index in [2.05, 4.69) is 31.9 Å². The van der Waals surface area contributed by atoms with Crippen molar-refractivity contribution in [2.24, 2.45) is 0 Å². The number of carboxylic acid groups (broad SMARTS) is 4. The van der Waals surface area contributed by atoms with E-state index >= 15 is 0 Å². The highest BCUT2D eigenvalue weighted by Crippen LogP contribution is 2.34. The maximum atomic E-state index is 11.3. The fourth-order valence-electron chi connectivity index (χ4n) is 3.76. The first-order chi connectivity index (χ1) is 16.8. The molecule has 0 heterocycles. The van der Waals surface area contributed by atoms with Crippen molar-refractivity contribution in [3.8, 4) is 0 Å². The summed E-state index contributed by atoms with van der Waals surface area (Å²) in [7, 11) is 0. The summed E-state index contributed by atoms with van der Waals surface area (Å²) >= 11 is 6.50. The van der Waals surface area contributed by atoms with Crippen LogP contribution in [0.3, 0.4) is 0 Å². The van der Waals surface area contributed by atoms with Gasteiger partial charge in [0.25, 0.3) is 0 Å². The van der Waals surface area contributed by atoms with Crippen molar-refractivity contribution in [2.45, 2.75) is 13.8 Å². The Morgan fingerprint density at radius 2 is 1.14 bits per heavy atom. The zero-order chi connectivity index (χ0) is 26.9. The molecule has 184 valence electrons. The van der Waals surface area contributed by atoms with Gasteiger partial charge in [0.05, 0.1) is 22.3 Å². The number of carboxylic acids is 4. The Hall–Kier alpha value is -3.76. The highest BCUT2D eigenvalue weighted by Gasteiger charge is 2.19. The largest absolute Gasteiger partial charge is 0.478 e. The van der Waals surface area contributed by atoms with Crippen LogP contribution in [0.2, 0.25) is 0 Å². The molecule has 0 atom stereocenters. The first kappa shape index (κ1) is 26.8. The predicted octanol–water partition coefficient (Wildman–Crippen LogP) is 6.61. The molecule has 0 saturated carbocycles. The molecule has 4 N–H and O–H groups in total. The number of carbonyl (C=O) groups is 4. The van der Waals surface area contributed by atoms with Gasteiger partial charge in [0.2, 0.25) is 0 Å². The van der Waals surface area contributed by atoms with Gasteiger partial charge < -0.3 is 20.4 Å². The third-order valence-corrected chi connectivity index (χ3v) is 7.49. The molecule has 0 aliphatic heterocycles. The Morgan fingerprint density at radius 1 is 0.583 bits per heavy atom. The molecule has 4 aromatic carbocycles. The summed E-state index contributed by atoms with van der Waals surface area (Å²) in [4.78, 5) is 44.0. The lowest BCUT2D eigenvalue weighted by atomic mass is 9.94. The van der Waals surface area contributed by atoms with Gasteiger partial charge in [-0.3, -0.25) is 0 Å². The molecule has 0 saturated heterocycles. The van der Waals surface area contributed by atoms with Crippen LogP contribution in [-0.4, -0.2) is 44.3 Å². The first-order valence-electron chi connectivity index (χ1n) is 10.2. The number of aromatic carboxylic acids is 4. The zero-order valence-electron chi connectivity index (χ0n) is 18.8. The number of benzene rings is 4. The van der Waals surface area contributed by atoms with Crippen molar-refractivity contribution in [1.82, 2.24) is 0 Å². The fraction of sp³-hybridized carbons (Fsp3) is 0.0769. The lowest BCUT2D eigenvalue weighted by Crippen LogP contribution is -2.04. The summed E-state index contributed by atoms with van der Waals surface area (Å²) in [5, 5.41) is 38.9. The lowest BCUT2D eigenvalue weighted by molar-refractivity contribution is 0.0684. The summed E-state index contributed by atoms with van der Waals surface area (Å²) in [6, 6.07) is 12.3. The van der Waals surface area contributed by atoms with Gasteiger partial charge in [0, 0.05) is 8.95 Å². The second kappa shape index (κ2) is 10.5. The average Bonchev–Trinajstić information content (AvgIpc) is 2.82. The van der Waals surface area contributed by atoms with Crippen LogP contribution in [0.15, 0.2) is 57.5 Å². The van der Waals surface area contributed by atoms with E-state index in [1.807, 2.05) is 0 Å². The van der Waals surface area contributed by atoms with E-state index in [-0.39, 0.29) is 22.3 Å². The molecule has 4 rings (SSSR count). The molecule has 0 aromatic heterocycles. The minimum atomic E-state index is -1.03. The van der Waals surface area contributed by atoms with Crippen LogP contribution in [0.25, 0.3) is 21.5 Å². The van der Waals surface area contributed by atoms with E-state index in [0.29, 0.717) is 25.3 Å². The van der Waals surface area contributed by atoms with Crippen molar-refractivity contribution in [1.29, 1.82) is 0 Å². The van der Waals surface area contributed by atoms with Crippen LogP contribution in [-0.2, 0) is 0 Å². The van der Waals surface area contributed by atoms with Gasteiger partial charge in [0.1, 0.15) is 0 Å². The summed E-state index contributed by atoms with van der Waals surface area (Å²) in [6.45, 7) is 3.49. The van der Waals surface area contributed by atoms with Gasteiger partial charge in [-0.1, -0.05) is 18.2 Å². The van der Waals surface area contributed by atoms with Gasteiger partial charge in [-0.05, 0) is 109 Å². The lowest BCUT2D eigenvalue weighted by Gasteiger charge is -2.13. The first-order valence-corrected chi connectivity index (χ1v) is 11.8. The quantitative estimate of drug-likeness (QED) is 0.200. The minimum Gasteiger partial charge on any atom is -0.478 e. The van der Waals surface area contributed by atoms with E-state index in [4.69, 9.17) is 15.3 Å². The van der Waals surface area contributed by atoms with Crippen molar-refractivity contribution in [3.63, 3.8) is 0 Å². The van der Waals surface area contributed by atoms with Crippen LogP contribution in [0.4, 0.5) is 0 Å². The van der Waals surface area contributed by atoms with E-state index in [1.54, 1.807) is 38.1 Å². The number of fused-ring (bicyclic) bond motifs is 2. The topological polar surface area (TPSA) is 149 Å². The summed E-state index contributed by atoms with van der Waals surface area (Å²) in [6.07, 6.45) is 0. The highest BCUT2D eigenvalue weighted by atomic mass is 79.9. The molecule has 0 aliphatic carbocycles. The van der Waals surface area contributed by atoms with Gasteiger partial charge in [0.15, 0.2) is 0 Å². The summed E-state index contributed by atoms with van der Waals surface area (Å²) in [5.41, 5.74) is 2.07. The van der Waals surface area contributed by atoms with Gasteiger partial charge in [-0.25, -0.2) is 19.2 Å². The number of hydrogen-bond acceptors (Lipinski definition) is 4. The number of aryl methyl sites for hydroxylation is 2. The molecule has 10 heteroatoms. The van der Waals surface area contributed by atoms with Crippen molar-refractivity contribution in [2.75, 3.05) is 0 Å². The van der Waals surface area contributed by atoms with Crippen molar-refractivity contribution >= 4 is 77.3 Å². The molecular formula is C26H18Br2O8. The van der Waals surface area contributed by atoms with E-state index < -0.39 is 23.9 Å². The van der Waals surface area contributed by atoms with Crippen molar-refractivity contribution in [3.05, 3.63) is 90.9 Å². The van der Waals surface area contributed by atoms with E-state index in [1.165, 1.54) is 24.3 Å². The molecular weight excluding hydrogens is 600 g/mol. The van der Waals surface area contributed by atoms with Crippen LogP contribution in [0.5, 0.6) is 0 Å². The van der Waals surface area contributed by atoms with Crippen LogP contribution < -0.4 is 0 Å². The molecule has 0 radical (unpaired) electrons. The zero-order valence-corrected chi connectivity index (χ0v) is 22.0. The number of rotatable bonds is 4. The summed E-state index contributed by atoms with van der Waals surface area (Å²) < 4.78 is 0.951.